The van der Waals surface area contributed by atoms with Crippen LogP contribution in [0.15, 0.2) is 9.59 Å². The molecule has 2 aromatic heterocycles. The summed E-state index contributed by atoms with van der Waals surface area (Å²) >= 11 is 0. The lowest BCUT2D eigenvalue weighted by atomic mass is 10.4. The standard InChI is InChI=1S/C12H16N4O4/c1-4-15-7(6-8(17)18)13-10-9(15)11(19)14(3)12(20)16(10)5-2/h4-6H2,1-3H3,(H,17,18). The number of nitrogens with zero attached hydrogens (tertiary/aromatic N) is 4. The highest BCUT2D eigenvalue weighted by atomic mass is 16.4. The molecular weight excluding hydrogens is 264 g/mol. The van der Waals surface area contributed by atoms with Crippen molar-refractivity contribution in [2.75, 3.05) is 0 Å². The molecule has 108 valence electrons. The van der Waals surface area contributed by atoms with E-state index in [0.717, 1.165) is 4.57 Å². The van der Waals surface area contributed by atoms with Gasteiger partial charge in [0.05, 0.1) is 0 Å². The van der Waals surface area contributed by atoms with E-state index in [2.05, 4.69) is 4.98 Å². The molecule has 0 aliphatic rings. The molecule has 0 saturated carbocycles. The number of aliphatic carboxylic acids is 1. The predicted octanol–water partition coefficient (Wildman–Crippen LogP) is -0.436. The highest BCUT2D eigenvalue weighted by Crippen LogP contribution is 2.12. The number of hydrogen-bond acceptors (Lipinski definition) is 4. The van der Waals surface area contributed by atoms with Crippen LogP contribution in [0.1, 0.15) is 19.7 Å². The summed E-state index contributed by atoms with van der Waals surface area (Å²) in [5.41, 5.74) is -0.389. The molecule has 8 heteroatoms. The van der Waals surface area contributed by atoms with Gasteiger partial charge in [0, 0.05) is 20.1 Å². The summed E-state index contributed by atoms with van der Waals surface area (Å²) in [7, 11) is 1.40. The van der Waals surface area contributed by atoms with E-state index in [1.54, 1.807) is 18.4 Å². The number of rotatable bonds is 4. The summed E-state index contributed by atoms with van der Waals surface area (Å²) < 4.78 is 3.94. The second kappa shape index (κ2) is 4.95. The minimum Gasteiger partial charge on any atom is -0.481 e. The minimum absolute atomic E-state index is 0.249. The van der Waals surface area contributed by atoms with E-state index in [1.165, 1.54) is 11.6 Å². The van der Waals surface area contributed by atoms with Crippen molar-refractivity contribution in [2.24, 2.45) is 7.05 Å². The fraction of sp³-hybridized carbons (Fsp3) is 0.500. The van der Waals surface area contributed by atoms with E-state index < -0.39 is 17.2 Å². The second-order valence-corrected chi connectivity index (χ2v) is 4.41. The van der Waals surface area contributed by atoms with Gasteiger partial charge in [-0.25, -0.2) is 9.78 Å². The minimum atomic E-state index is -1.03. The molecule has 0 fully saturated rings. The number of hydrogen-bond donors (Lipinski definition) is 1. The Morgan fingerprint density at radius 2 is 1.80 bits per heavy atom. The first-order valence-corrected chi connectivity index (χ1v) is 6.33. The average molecular weight is 280 g/mol. The van der Waals surface area contributed by atoms with Gasteiger partial charge in [0.1, 0.15) is 12.2 Å². The first-order chi connectivity index (χ1) is 9.42. The van der Waals surface area contributed by atoms with Gasteiger partial charge in [0.2, 0.25) is 0 Å². The molecule has 0 aliphatic heterocycles. The van der Waals surface area contributed by atoms with Crippen molar-refractivity contribution in [3.8, 4) is 0 Å². The third-order valence-electron chi connectivity index (χ3n) is 3.25. The maximum Gasteiger partial charge on any atom is 0.332 e. The van der Waals surface area contributed by atoms with E-state index in [-0.39, 0.29) is 23.4 Å². The van der Waals surface area contributed by atoms with Crippen molar-refractivity contribution >= 4 is 17.1 Å². The zero-order chi connectivity index (χ0) is 15.0. The predicted molar refractivity (Wildman–Crippen MR) is 71.9 cm³/mol. The molecule has 2 heterocycles. The van der Waals surface area contributed by atoms with E-state index in [0.29, 0.717) is 13.1 Å². The highest BCUT2D eigenvalue weighted by Gasteiger charge is 2.20. The van der Waals surface area contributed by atoms with E-state index >= 15 is 0 Å². The topological polar surface area (TPSA) is 99.1 Å². The van der Waals surface area contributed by atoms with E-state index in [4.69, 9.17) is 5.11 Å². The van der Waals surface area contributed by atoms with Crippen LogP contribution in [0.2, 0.25) is 0 Å². The average Bonchev–Trinajstić information content (AvgIpc) is 2.74. The molecule has 8 nitrogen and oxygen atoms in total. The van der Waals surface area contributed by atoms with Gasteiger partial charge < -0.3 is 9.67 Å². The molecule has 0 aliphatic carbocycles. The lowest BCUT2D eigenvalue weighted by molar-refractivity contribution is -0.136. The molecule has 0 unspecified atom stereocenters. The number of aromatic nitrogens is 4. The monoisotopic (exact) mass is 280 g/mol. The third kappa shape index (κ3) is 1.93. The number of imidazole rings is 1. The smallest absolute Gasteiger partial charge is 0.332 e. The van der Waals surface area contributed by atoms with Crippen molar-refractivity contribution in [2.45, 2.75) is 33.4 Å². The molecule has 0 aromatic carbocycles. The van der Waals surface area contributed by atoms with E-state index in [1.807, 2.05) is 0 Å². The zero-order valence-corrected chi connectivity index (χ0v) is 11.6. The van der Waals surface area contributed by atoms with Crippen LogP contribution >= 0.6 is 0 Å². The van der Waals surface area contributed by atoms with Crippen LogP contribution in [-0.2, 0) is 31.4 Å². The molecule has 0 radical (unpaired) electrons. The quantitative estimate of drug-likeness (QED) is 0.818. The Kier molecular flexibility index (Phi) is 3.47. The normalized spacial score (nSPS) is 11.2. The molecule has 0 spiro atoms. The lowest BCUT2D eigenvalue weighted by Crippen LogP contribution is -2.38. The van der Waals surface area contributed by atoms with E-state index in [9.17, 15) is 14.4 Å². The van der Waals surface area contributed by atoms with Crippen LogP contribution in [0.25, 0.3) is 11.2 Å². The number of carbonyl (C=O) groups is 1. The SMILES string of the molecule is CCn1c(CC(=O)O)nc2c1c(=O)n(C)c(=O)n2CC. The fourth-order valence-corrected chi connectivity index (χ4v) is 2.30. The highest BCUT2D eigenvalue weighted by molar-refractivity contribution is 5.74. The first-order valence-electron chi connectivity index (χ1n) is 6.33. The van der Waals surface area contributed by atoms with Crippen molar-refractivity contribution in [3.05, 3.63) is 26.7 Å². The fourth-order valence-electron chi connectivity index (χ4n) is 2.30. The van der Waals surface area contributed by atoms with Crippen molar-refractivity contribution < 1.29 is 9.90 Å². The van der Waals surface area contributed by atoms with Gasteiger partial charge in [-0.05, 0) is 13.8 Å². The van der Waals surface area contributed by atoms with Gasteiger partial charge >= 0.3 is 11.7 Å². The van der Waals surface area contributed by atoms with Crippen LogP contribution in [0, 0.1) is 0 Å². The molecule has 2 rings (SSSR count). The number of fused-ring (bicyclic) bond motifs is 1. The van der Waals surface area contributed by atoms with Crippen molar-refractivity contribution in [1.82, 2.24) is 18.7 Å². The van der Waals surface area contributed by atoms with Gasteiger partial charge in [-0.1, -0.05) is 0 Å². The Labute approximate surface area is 113 Å². The largest absolute Gasteiger partial charge is 0.481 e. The van der Waals surface area contributed by atoms with Gasteiger partial charge in [-0.15, -0.1) is 0 Å². The second-order valence-electron chi connectivity index (χ2n) is 4.41. The van der Waals surface area contributed by atoms with Crippen LogP contribution in [0.3, 0.4) is 0 Å². The van der Waals surface area contributed by atoms with Crippen LogP contribution in [-0.4, -0.2) is 29.8 Å². The summed E-state index contributed by atoms with van der Waals surface area (Å²) in [5.74, 6) is -0.753. The summed E-state index contributed by atoms with van der Waals surface area (Å²) in [6.45, 7) is 4.34. The number of aryl methyl sites for hydroxylation is 2. The maximum atomic E-state index is 12.2. The van der Waals surface area contributed by atoms with Gasteiger partial charge in [-0.3, -0.25) is 18.7 Å². The Hall–Kier alpha value is -2.38. The van der Waals surface area contributed by atoms with Crippen molar-refractivity contribution in [3.63, 3.8) is 0 Å². The van der Waals surface area contributed by atoms with Gasteiger partial charge in [0.15, 0.2) is 11.2 Å². The van der Waals surface area contributed by atoms with Gasteiger partial charge in [0.25, 0.3) is 5.56 Å². The third-order valence-corrected chi connectivity index (χ3v) is 3.25. The summed E-state index contributed by atoms with van der Waals surface area (Å²) in [4.78, 5) is 39.3. The van der Waals surface area contributed by atoms with Gasteiger partial charge in [-0.2, -0.15) is 0 Å². The van der Waals surface area contributed by atoms with Crippen LogP contribution in [0.4, 0.5) is 0 Å². The van der Waals surface area contributed by atoms with Crippen LogP contribution < -0.4 is 11.2 Å². The number of carboxylic acid groups (broad SMARTS) is 1. The molecule has 20 heavy (non-hydrogen) atoms. The van der Waals surface area contributed by atoms with Crippen molar-refractivity contribution in [1.29, 1.82) is 0 Å². The molecule has 0 amide bonds. The molecule has 0 atom stereocenters. The molecule has 0 bridgehead atoms. The summed E-state index contributed by atoms with van der Waals surface area (Å²) in [5, 5.41) is 8.91. The maximum absolute atomic E-state index is 12.2. The molecule has 1 N–H and O–H groups in total. The Balaban J connectivity index is 2.97. The molecular formula is C12H16N4O4. The van der Waals surface area contributed by atoms with Crippen LogP contribution in [0.5, 0.6) is 0 Å². The lowest BCUT2D eigenvalue weighted by Gasteiger charge is -2.07. The Bertz CT molecular complexity index is 796. The Morgan fingerprint density at radius 3 is 2.30 bits per heavy atom. The number of carboxylic acids is 1. The first kappa shape index (κ1) is 14.0. The summed E-state index contributed by atoms with van der Waals surface area (Å²) in [6, 6.07) is 0. The molecule has 2 aromatic rings. The molecule has 0 saturated heterocycles. The zero-order valence-electron chi connectivity index (χ0n) is 11.6. The Morgan fingerprint density at radius 1 is 1.20 bits per heavy atom. The summed E-state index contributed by atoms with van der Waals surface area (Å²) in [6.07, 6.45) is -0.288.